The molecule has 3 fully saturated rings. The fraction of sp³-hybridized carbons (Fsp3) is 0.714. The summed E-state index contributed by atoms with van der Waals surface area (Å²) in [5.74, 6) is 1.12. The summed E-state index contributed by atoms with van der Waals surface area (Å²) in [5.41, 5.74) is 1.17. The van der Waals surface area contributed by atoms with Crippen LogP contribution in [-0.4, -0.2) is 65.6 Å². The van der Waals surface area contributed by atoms with Gasteiger partial charge in [0.25, 0.3) is 0 Å². The molecule has 1 aromatic rings. The average molecular weight is 357 g/mol. The van der Waals surface area contributed by atoms with Gasteiger partial charge in [-0.05, 0) is 56.6 Å². The van der Waals surface area contributed by atoms with Crippen molar-refractivity contribution in [2.24, 2.45) is 5.92 Å². The van der Waals surface area contributed by atoms with Gasteiger partial charge in [-0.3, -0.25) is 14.7 Å². The Balaban J connectivity index is 1.37. The molecule has 1 saturated carbocycles. The van der Waals surface area contributed by atoms with Crippen molar-refractivity contribution < 1.29 is 9.53 Å². The van der Waals surface area contributed by atoms with Crippen molar-refractivity contribution in [2.45, 2.75) is 56.5 Å². The lowest BCUT2D eigenvalue weighted by atomic mass is 9.84. The van der Waals surface area contributed by atoms with Crippen LogP contribution < -0.4 is 0 Å². The Kier molecular flexibility index (Phi) is 5.28. The molecule has 3 heterocycles. The van der Waals surface area contributed by atoms with E-state index in [1.807, 2.05) is 25.3 Å². The van der Waals surface area contributed by atoms with Crippen LogP contribution in [0.15, 0.2) is 24.4 Å². The Bertz CT molecular complexity index is 609. The smallest absolute Gasteiger partial charge is 0.228 e. The summed E-state index contributed by atoms with van der Waals surface area (Å²) < 4.78 is 5.50. The zero-order valence-electron chi connectivity index (χ0n) is 15.9. The molecule has 4 rings (SSSR count). The first-order valence-electron chi connectivity index (χ1n) is 10.1. The van der Waals surface area contributed by atoms with Crippen LogP contribution in [0.5, 0.6) is 0 Å². The molecular weight excluding hydrogens is 326 g/mol. The first kappa shape index (κ1) is 17.9. The van der Waals surface area contributed by atoms with E-state index in [4.69, 9.17) is 4.74 Å². The highest BCUT2D eigenvalue weighted by molar-refractivity contribution is 5.78. The van der Waals surface area contributed by atoms with Crippen molar-refractivity contribution in [3.63, 3.8) is 0 Å². The summed E-state index contributed by atoms with van der Waals surface area (Å²) in [5, 5.41) is 0. The summed E-state index contributed by atoms with van der Waals surface area (Å²) in [7, 11) is 1.82. The van der Waals surface area contributed by atoms with Crippen LogP contribution in [0.3, 0.4) is 0 Å². The minimum absolute atomic E-state index is 0.221. The SMILES string of the molecule is COCC1CCC2(CCN(C(=O)Cc3ccccn3)CC2)N1CC1CC1. The molecule has 1 atom stereocenters. The molecular formula is C21H31N3O2. The highest BCUT2D eigenvalue weighted by atomic mass is 16.5. The van der Waals surface area contributed by atoms with E-state index in [9.17, 15) is 4.79 Å². The molecule has 5 heteroatoms. The number of aromatic nitrogens is 1. The third kappa shape index (κ3) is 3.79. The standard InChI is InChI=1S/C21H31N3O2/c1-26-16-19-7-8-21(24(19)15-17-5-6-17)9-12-23(13-10-21)20(25)14-18-4-2-3-11-22-18/h2-4,11,17,19H,5-10,12-16H2,1H3. The molecule has 26 heavy (non-hydrogen) atoms. The summed E-state index contributed by atoms with van der Waals surface area (Å²) in [4.78, 5) is 21.8. The summed E-state index contributed by atoms with van der Waals surface area (Å²) in [6, 6.07) is 6.35. The number of methoxy groups -OCH3 is 1. The predicted octanol–water partition coefficient (Wildman–Crippen LogP) is 2.51. The van der Waals surface area contributed by atoms with Gasteiger partial charge in [-0.1, -0.05) is 6.07 Å². The van der Waals surface area contributed by atoms with Gasteiger partial charge in [-0.15, -0.1) is 0 Å². The molecule has 2 saturated heterocycles. The summed E-state index contributed by atoms with van der Waals surface area (Å²) in [6.45, 7) is 3.84. The van der Waals surface area contributed by atoms with Crippen molar-refractivity contribution in [2.75, 3.05) is 33.4 Å². The van der Waals surface area contributed by atoms with E-state index in [1.54, 1.807) is 6.20 Å². The van der Waals surface area contributed by atoms with E-state index in [2.05, 4.69) is 14.8 Å². The minimum atomic E-state index is 0.221. The minimum Gasteiger partial charge on any atom is -0.383 e. The van der Waals surface area contributed by atoms with Gasteiger partial charge >= 0.3 is 0 Å². The van der Waals surface area contributed by atoms with E-state index < -0.39 is 0 Å². The average Bonchev–Trinajstić information content (AvgIpc) is 3.43. The molecule has 1 spiro atoms. The second kappa shape index (κ2) is 7.65. The number of rotatable bonds is 6. The number of amides is 1. The lowest BCUT2D eigenvalue weighted by molar-refractivity contribution is -0.133. The normalized spacial score (nSPS) is 25.7. The molecule has 5 nitrogen and oxygen atoms in total. The van der Waals surface area contributed by atoms with Crippen LogP contribution in [-0.2, 0) is 16.0 Å². The van der Waals surface area contributed by atoms with Crippen molar-refractivity contribution in [1.82, 2.24) is 14.8 Å². The number of ether oxygens (including phenoxy) is 1. The Morgan fingerprint density at radius 2 is 2.04 bits per heavy atom. The molecule has 0 bridgehead atoms. The molecule has 0 radical (unpaired) electrons. The maximum atomic E-state index is 12.7. The molecule has 1 unspecified atom stereocenters. The van der Waals surface area contributed by atoms with E-state index in [1.165, 1.54) is 32.2 Å². The Hall–Kier alpha value is -1.46. The Morgan fingerprint density at radius 1 is 1.23 bits per heavy atom. The molecule has 1 amide bonds. The lowest BCUT2D eigenvalue weighted by Gasteiger charge is -2.47. The third-order valence-electron chi connectivity index (χ3n) is 6.61. The van der Waals surface area contributed by atoms with Crippen LogP contribution in [0.2, 0.25) is 0 Å². The van der Waals surface area contributed by atoms with E-state index in [0.717, 1.165) is 44.1 Å². The maximum absolute atomic E-state index is 12.7. The number of nitrogens with zero attached hydrogens (tertiary/aromatic N) is 3. The Labute approximate surface area is 156 Å². The Morgan fingerprint density at radius 3 is 2.69 bits per heavy atom. The number of hydrogen-bond donors (Lipinski definition) is 0. The molecule has 142 valence electrons. The maximum Gasteiger partial charge on any atom is 0.228 e. The van der Waals surface area contributed by atoms with E-state index >= 15 is 0 Å². The monoisotopic (exact) mass is 357 g/mol. The molecule has 3 aliphatic rings. The number of hydrogen-bond acceptors (Lipinski definition) is 4. The van der Waals surface area contributed by atoms with Gasteiger partial charge in [-0.2, -0.15) is 0 Å². The highest BCUT2D eigenvalue weighted by Gasteiger charge is 2.49. The van der Waals surface area contributed by atoms with Crippen molar-refractivity contribution >= 4 is 5.91 Å². The number of piperidine rings is 1. The van der Waals surface area contributed by atoms with Crippen LogP contribution in [0.4, 0.5) is 0 Å². The molecule has 0 N–H and O–H groups in total. The van der Waals surface area contributed by atoms with Gasteiger partial charge in [0.15, 0.2) is 0 Å². The molecule has 2 aliphatic heterocycles. The zero-order chi connectivity index (χ0) is 18.0. The first-order chi connectivity index (χ1) is 12.7. The number of carbonyl (C=O) groups is 1. The van der Waals surface area contributed by atoms with Crippen LogP contribution in [0.25, 0.3) is 0 Å². The second-order valence-corrected chi connectivity index (χ2v) is 8.35. The van der Waals surface area contributed by atoms with Crippen LogP contribution in [0.1, 0.15) is 44.2 Å². The predicted molar refractivity (Wildman–Crippen MR) is 101 cm³/mol. The molecule has 0 aromatic carbocycles. The van der Waals surface area contributed by atoms with Crippen molar-refractivity contribution in [3.8, 4) is 0 Å². The number of likely N-dealkylation sites (tertiary alicyclic amines) is 2. The third-order valence-corrected chi connectivity index (χ3v) is 6.61. The van der Waals surface area contributed by atoms with E-state index in [-0.39, 0.29) is 5.91 Å². The first-order valence-corrected chi connectivity index (χ1v) is 10.1. The lowest BCUT2D eigenvalue weighted by Crippen LogP contribution is -2.56. The van der Waals surface area contributed by atoms with Crippen LogP contribution >= 0.6 is 0 Å². The van der Waals surface area contributed by atoms with Crippen molar-refractivity contribution in [3.05, 3.63) is 30.1 Å². The zero-order valence-corrected chi connectivity index (χ0v) is 15.9. The van der Waals surface area contributed by atoms with Gasteiger partial charge in [0.1, 0.15) is 0 Å². The van der Waals surface area contributed by atoms with Gasteiger partial charge in [0.05, 0.1) is 13.0 Å². The summed E-state index contributed by atoms with van der Waals surface area (Å²) in [6.07, 6.45) is 9.67. The van der Waals surface area contributed by atoms with Gasteiger partial charge in [0, 0.05) is 50.2 Å². The highest BCUT2D eigenvalue weighted by Crippen LogP contribution is 2.44. The number of pyridine rings is 1. The van der Waals surface area contributed by atoms with Gasteiger partial charge in [-0.25, -0.2) is 0 Å². The fourth-order valence-electron chi connectivity index (χ4n) is 4.89. The second-order valence-electron chi connectivity index (χ2n) is 8.35. The quantitative estimate of drug-likeness (QED) is 0.785. The summed E-state index contributed by atoms with van der Waals surface area (Å²) >= 11 is 0. The molecule has 1 aromatic heterocycles. The largest absolute Gasteiger partial charge is 0.383 e. The topological polar surface area (TPSA) is 45.7 Å². The van der Waals surface area contributed by atoms with Gasteiger partial charge in [0.2, 0.25) is 5.91 Å². The van der Waals surface area contributed by atoms with Gasteiger partial charge < -0.3 is 9.64 Å². The van der Waals surface area contributed by atoms with Crippen molar-refractivity contribution in [1.29, 1.82) is 0 Å². The number of carbonyl (C=O) groups excluding carboxylic acids is 1. The van der Waals surface area contributed by atoms with E-state index in [0.29, 0.717) is 18.0 Å². The fourth-order valence-corrected chi connectivity index (χ4v) is 4.89. The van der Waals surface area contributed by atoms with Crippen LogP contribution in [0, 0.1) is 5.92 Å². The molecule has 1 aliphatic carbocycles.